The average molecular weight is 234 g/mol. The van der Waals surface area contributed by atoms with Crippen molar-refractivity contribution in [1.29, 1.82) is 0 Å². The number of aromatic nitrogens is 2. The summed E-state index contributed by atoms with van der Waals surface area (Å²) in [5.74, 6) is 0.740. The van der Waals surface area contributed by atoms with E-state index < -0.39 is 0 Å². The van der Waals surface area contributed by atoms with Gasteiger partial charge in [0.1, 0.15) is 5.69 Å². The number of carbonyl (C=O) groups excluding carboxylic acids is 1. The molecule has 5 nitrogen and oxygen atoms in total. The predicted octanol–water partition coefficient (Wildman–Crippen LogP) is 1.24. The number of anilines is 1. The minimum atomic E-state index is -0.0749. The first kappa shape index (κ1) is 11.8. The monoisotopic (exact) mass is 234 g/mol. The maximum atomic E-state index is 12.1. The molecule has 2 rings (SSSR count). The highest BCUT2D eigenvalue weighted by molar-refractivity contribution is 5.92. The van der Waals surface area contributed by atoms with Crippen molar-refractivity contribution in [3.8, 4) is 0 Å². The van der Waals surface area contributed by atoms with E-state index in [2.05, 4.69) is 9.97 Å². The predicted molar refractivity (Wildman–Crippen MR) is 65.5 cm³/mol. The number of hydrogen-bond acceptors (Lipinski definition) is 4. The molecular weight excluding hydrogens is 216 g/mol. The van der Waals surface area contributed by atoms with Crippen LogP contribution in [0.5, 0.6) is 0 Å². The van der Waals surface area contributed by atoms with E-state index in [-0.39, 0.29) is 11.9 Å². The van der Waals surface area contributed by atoms with E-state index in [1.807, 2.05) is 7.05 Å². The van der Waals surface area contributed by atoms with E-state index in [1.54, 1.807) is 17.9 Å². The number of amides is 1. The Kier molecular flexibility index (Phi) is 3.26. The summed E-state index contributed by atoms with van der Waals surface area (Å²) >= 11 is 0. The van der Waals surface area contributed by atoms with E-state index in [0.29, 0.717) is 11.6 Å². The first-order chi connectivity index (χ1) is 8.06. The molecular formula is C12H18N4O. The fourth-order valence-electron chi connectivity index (χ4n) is 2.04. The number of carbonyl (C=O) groups is 1. The Bertz CT molecular complexity index is 408. The van der Waals surface area contributed by atoms with Gasteiger partial charge < -0.3 is 10.6 Å². The minimum absolute atomic E-state index is 0.0749. The van der Waals surface area contributed by atoms with Gasteiger partial charge in [-0.2, -0.15) is 0 Å². The van der Waals surface area contributed by atoms with Gasteiger partial charge in [0, 0.05) is 19.3 Å². The molecule has 0 atom stereocenters. The fourth-order valence-corrected chi connectivity index (χ4v) is 2.04. The molecule has 1 saturated carbocycles. The Morgan fingerprint density at radius 2 is 2.24 bits per heavy atom. The van der Waals surface area contributed by atoms with Gasteiger partial charge in [-0.15, -0.1) is 0 Å². The third-order valence-corrected chi connectivity index (χ3v) is 3.19. The van der Waals surface area contributed by atoms with Gasteiger partial charge in [-0.25, -0.2) is 9.97 Å². The largest absolute Gasteiger partial charge is 0.368 e. The molecule has 1 aromatic heterocycles. The molecule has 1 heterocycles. The molecule has 17 heavy (non-hydrogen) atoms. The topological polar surface area (TPSA) is 72.1 Å². The number of nitrogen functional groups attached to an aromatic ring is 1. The first-order valence-electron chi connectivity index (χ1n) is 5.93. The smallest absolute Gasteiger partial charge is 0.272 e. The van der Waals surface area contributed by atoms with Crippen LogP contribution in [0.25, 0.3) is 0 Å². The SMILES string of the molecule is Cc1cc(C(=O)N(C)CC2CCC2)nc(N)n1. The first-order valence-corrected chi connectivity index (χ1v) is 5.93. The molecule has 0 spiro atoms. The molecule has 0 bridgehead atoms. The van der Waals surface area contributed by atoms with E-state index in [1.165, 1.54) is 19.3 Å². The summed E-state index contributed by atoms with van der Waals surface area (Å²) in [5, 5.41) is 0. The summed E-state index contributed by atoms with van der Waals surface area (Å²) in [4.78, 5) is 21.8. The highest BCUT2D eigenvalue weighted by Gasteiger charge is 2.22. The summed E-state index contributed by atoms with van der Waals surface area (Å²) in [6.07, 6.45) is 3.73. The summed E-state index contributed by atoms with van der Waals surface area (Å²) < 4.78 is 0. The van der Waals surface area contributed by atoms with Gasteiger partial charge in [0.05, 0.1) is 0 Å². The Balaban J connectivity index is 2.06. The van der Waals surface area contributed by atoms with Crippen LogP contribution in [0.15, 0.2) is 6.07 Å². The van der Waals surface area contributed by atoms with Crippen molar-refractivity contribution < 1.29 is 4.79 Å². The van der Waals surface area contributed by atoms with E-state index in [9.17, 15) is 4.79 Å². The average Bonchev–Trinajstić information content (AvgIpc) is 2.20. The zero-order chi connectivity index (χ0) is 12.4. The van der Waals surface area contributed by atoms with Gasteiger partial charge in [0.2, 0.25) is 5.95 Å². The molecule has 1 fully saturated rings. The lowest BCUT2D eigenvalue weighted by Gasteiger charge is -2.30. The van der Waals surface area contributed by atoms with Gasteiger partial charge >= 0.3 is 0 Å². The summed E-state index contributed by atoms with van der Waals surface area (Å²) in [5.41, 5.74) is 6.65. The number of rotatable bonds is 3. The highest BCUT2D eigenvalue weighted by atomic mass is 16.2. The normalized spacial score (nSPS) is 15.4. The van der Waals surface area contributed by atoms with Crippen molar-refractivity contribution in [2.24, 2.45) is 5.92 Å². The fraction of sp³-hybridized carbons (Fsp3) is 0.583. The second-order valence-corrected chi connectivity index (χ2v) is 4.74. The molecule has 92 valence electrons. The van der Waals surface area contributed by atoms with E-state index in [4.69, 9.17) is 5.73 Å². The molecule has 2 N–H and O–H groups in total. The number of hydrogen-bond donors (Lipinski definition) is 1. The van der Waals surface area contributed by atoms with Crippen LogP contribution < -0.4 is 5.73 Å². The molecule has 1 aliphatic carbocycles. The van der Waals surface area contributed by atoms with Crippen LogP contribution in [0.4, 0.5) is 5.95 Å². The number of aryl methyl sites for hydroxylation is 1. The summed E-state index contributed by atoms with van der Waals surface area (Å²) in [6.45, 7) is 2.61. The third kappa shape index (κ3) is 2.72. The second kappa shape index (κ2) is 4.69. The molecule has 5 heteroatoms. The molecule has 0 unspecified atom stereocenters. The van der Waals surface area contributed by atoms with Gasteiger partial charge in [-0.05, 0) is 31.7 Å². The third-order valence-electron chi connectivity index (χ3n) is 3.19. The Hall–Kier alpha value is -1.65. The van der Waals surface area contributed by atoms with Crippen LogP contribution in [-0.4, -0.2) is 34.4 Å². The van der Waals surface area contributed by atoms with Crippen molar-refractivity contribution in [1.82, 2.24) is 14.9 Å². The van der Waals surface area contributed by atoms with Gasteiger partial charge in [-0.1, -0.05) is 6.42 Å². The summed E-state index contributed by atoms with van der Waals surface area (Å²) in [6, 6.07) is 1.68. The van der Waals surface area contributed by atoms with Crippen LogP contribution in [0.3, 0.4) is 0 Å². The zero-order valence-corrected chi connectivity index (χ0v) is 10.3. The van der Waals surface area contributed by atoms with Crippen molar-refractivity contribution in [3.63, 3.8) is 0 Å². The molecule has 1 aromatic rings. The van der Waals surface area contributed by atoms with Gasteiger partial charge in [0.15, 0.2) is 0 Å². The van der Waals surface area contributed by atoms with E-state index in [0.717, 1.165) is 12.2 Å². The molecule has 0 aromatic carbocycles. The van der Waals surface area contributed by atoms with Crippen LogP contribution in [0.2, 0.25) is 0 Å². The quantitative estimate of drug-likeness (QED) is 0.854. The lowest BCUT2D eigenvalue weighted by molar-refractivity contribution is 0.0739. The molecule has 0 radical (unpaired) electrons. The maximum Gasteiger partial charge on any atom is 0.272 e. The molecule has 0 saturated heterocycles. The zero-order valence-electron chi connectivity index (χ0n) is 10.3. The van der Waals surface area contributed by atoms with Crippen LogP contribution in [0.1, 0.15) is 35.4 Å². The van der Waals surface area contributed by atoms with Gasteiger partial charge in [-0.3, -0.25) is 4.79 Å². The molecule has 0 aliphatic heterocycles. The summed E-state index contributed by atoms with van der Waals surface area (Å²) in [7, 11) is 1.81. The Labute approximate surface area is 101 Å². The van der Waals surface area contributed by atoms with Crippen molar-refractivity contribution in [2.75, 3.05) is 19.3 Å². The molecule has 1 aliphatic rings. The minimum Gasteiger partial charge on any atom is -0.368 e. The van der Waals surface area contributed by atoms with Crippen LogP contribution >= 0.6 is 0 Å². The number of nitrogens with two attached hydrogens (primary N) is 1. The van der Waals surface area contributed by atoms with Crippen LogP contribution in [0, 0.1) is 12.8 Å². The van der Waals surface area contributed by atoms with Crippen LogP contribution in [-0.2, 0) is 0 Å². The van der Waals surface area contributed by atoms with Crippen molar-refractivity contribution in [2.45, 2.75) is 26.2 Å². The van der Waals surface area contributed by atoms with E-state index >= 15 is 0 Å². The lowest BCUT2D eigenvalue weighted by atomic mass is 9.85. The maximum absolute atomic E-state index is 12.1. The Morgan fingerprint density at radius 1 is 1.53 bits per heavy atom. The van der Waals surface area contributed by atoms with Crippen molar-refractivity contribution in [3.05, 3.63) is 17.5 Å². The standard InChI is InChI=1S/C12H18N4O/c1-8-6-10(15-12(13)14-8)11(17)16(2)7-9-4-3-5-9/h6,9H,3-5,7H2,1-2H3,(H2,13,14,15). The Morgan fingerprint density at radius 3 is 2.76 bits per heavy atom. The number of nitrogens with zero attached hydrogens (tertiary/aromatic N) is 3. The van der Waals surface area contributed by atoms with Crippen molar-refractivity contribution >= 4 is 11.9 Å². The van der Waals surface area contributed by atoms with Gasteiger partial charge in [0.25, 0.3) is 5.91 Å². The lowest BCUT2D eigenvalue weighted by Crippen LogP contribution is -2.34. The highest BCUT2D eigenvalue weighted by Crippen LogP contribution is 2.27. The molecule has 1 amide bonds. The second-order valence-electron chi connectivity index (χ2n) is 4.74.